The predicted molar refractivity (Wildman–Crippen MR) is 116 cm³/mol. The molecule has 4 rings (SSSR count). The van der Waals surface area contributed by atoms with Gasteiger partial charge in [-0.05, 0) is 55.0 Å². The van der Waals surface area contributed by atoms with Gasteiger partial charge in [0.05, 0.1) is 23.7 Å². The molecule has 5 heteroatoms. The number of para-hydroxylation sites is 1. The van der Waals surface area contributed by atoms with Crippen molar-refractivity contribution in [2.45, 2.75) is 6.92 Å². The van der Waals surface area contributed by atoms with E-state index in [0.29, 0.717) is 22.5 Å². The number of aryl methyl sites for hydroxylation is 1. The van der Waals surface area contributed by atoms with Gasteiger partial charge in [-0.2, -0.15) is 0 Å². The van der Waals surface area contributed by atoms with Gasteiger partial charge in [-0.3, -0.25) is 9.36 Å². The van der Waals surface area contributed by atoms with E-state index < -0.39 is 0 Å². The largest absolute Gasteiger partial charge is 0.504 e. The molecule has 0 saturated carbocycles. The van der Waals surface area contributed by atoms with Crippen molar-refractivity contribution in [1.82, 2.24) is 9.55 Å². The first kappa shape index (κ1) is 18.5. The smallest absolute Gasteiger partial charge is 0.266 e. The average Bonchev–Trinajstić information content (AvgIpc) is 2.73. The highest BCUT2D eigenvalue weighted by Gasteiger charge is 2.11. The number of hydrogen-bond donors (Lipinski definition) is 1. The Kier molecular flexibility index (Phi) is 4.87. The number of phenolic OH excluding ortho intramolecular Hbond substituents is 1. The molecule has 0 radical (unpaired) electrons. The number of nitrogens with zero attached hydrogens (tertiary/aromatic N) is 2. The standard InChI is InChI=1S/C24H20N2O3/c1-16-7-11-18(12-8-16)26-23(25-20-6-4-3-5-19(20)24(26)28)14-10-17-9-13-22(29-2)21(27)15-17/h3-15,27H,1-2H3. The topological polar surface area (TPSA) is 64.3 Å². The molecule has 5 nitrogen and oxygen atoms in total. The van der Waals surface area contributed by atoms with Crippen LogP contribution in [0.3, 0.4) is 0 Å². The van der Waals surface area contributed by atoms with Crippen molar-refractivity contribution >= 4 is 23.1 Å². The number of hydrogen-bond acceptors (Lipinski definition) is 4. The van der Waals surface area contributed by atoms with Gasteiger partial charge in [0.25, 0.3) is 5.56 Å². The normalized spacial score (nSPS) is 11.2. The molecule has 144 valence electrons. The summed E-state index contributed by atoms with van der Waals surface area (Å²) >= 11 is 0. The van der Waals surface area contributed by atoms with Crippen LogP contribution in [0, 0.1) is 6.92 Å². The zero-order valence-corrected chi connectivity index (χ0v) is 16.2. The molecule has 1 heterocycles. The van der Waals surface area contributed by atoms with Crippen LogP contribution < -0.4 is 10.3 Å². The van der Waals surface area contributed by atoms with Gasteiger partial charge < -0.3 is 9.84 Å². The van der Waals surface area contributed by atoms with E-state index in [1.165, 1.54) is 7.11 Å². The van der Waals surface area contributed by atoms with E-state index in [2.05, 4.69) is 0 Å². The first-order chi connectivity index (χ1) is 14.1. The lowest BCUT2D eigenvalue weighted by Gasteiger charge is -2.12. The lowest BCUT2D eigenvalue weighted by molar-refractivity contribution is 0.373. The molecule has 0 amide bonds. The zero-order chi connectivity index (χ0) is 20.4. The van der Waals surface area contributed by atoms with Crippen LogP contribution in [0.2, 0.25) is 0 Å². The van der Waals surface area contributed by atoms with Crippen LogP contribution in [0.1, 0.15) is 17.0 Å². The summed E-state index contributed by atoms with van der Waals surface area (Å²) in [6.07, 6.45) is 3.58. The van der Waals surface area contributed by atoms with Crippen LogP contribution in [0.25, 0.3) is 28.7 Å². The van der Waals surface area contributed by atoms with E-state index in [0.717, 1.165) is 16.8 Å². The van der Waals surface area contributed by atoms with Gasteiger partial charge in [-0.1, -0.05) is 42.0 Å². The van der Waals surface area contributed by atoms with Crippen LogP contribution >= 0.6 is 0 Å². The summed E-state index contributed by atoms with van der Waals surface area (Å²) in [6, 6.07) is 20.2. The van der Waals surface area contributed by atoms with Crippen LogP contribution in [-0.2, 0) is 0 Å². The third-order valence-electron chi connectivity index (χ3n) is 4.72. The summed E-state index contributed by atoms with van der Waals surface area (Å²) in [4.78, 5) is 17.9. The van der Waals surface area contributed by atoms with Crippen LogP contribution in [-0.4, -0.2) is 21.8 Å². The maximum Gasteiger partial charge on any atom is 0.266 e. The molecular weight excluding hydrogens is 364 g/mol. The van der Waals surface area contributed by atoms with Crippen molar-refractivity contribution in [3.8, 4) is 17.2 Å². The van der Waals surface area contributed by atoms with Crippen molar-refractivity contribution in [2.75, 3.05) is 7.11 Å². The molecule has 3 aromatic carbocycles. The number of aromatic hydroxyl groups is 1. The fourth-order valence-corrected chi connectivity index (χ4v) is 3.19. The Hall–Kier alpha value is -3.86. The summed E-state index contributed by atoms with van der Waals surface area (Å²) in [5.74, 6) is 0.965. The van der Waals surface area contributed by atoms with Crippen molar-refractivity contribution in [2.24, 2.45) is 0 Å². The Balaban J connectivity index is 1.88. The third kappa shape index (κ3) is 3.62. The van der Waals surface area contributed by atoms with E-state index >= 15 is 0 Å². The third-order valence-corrected chi connectivity index (χ3v) is 4.72. The van der Waals surface area contributed by atoms with E-state index in [1.807, 2.05) is 55.5 Å². The van der Waals surface area contributed by atoms with Crippen LogP contribution in [0.5, 0.6) is 11.5 Å². The van der Waals surface area contributed by atoms with E-state index in [4.69, 9.17) is 9.72 Å². The Morgan fingerprint density at radius 1 is 1.00 bits per heavy atom. The lowest BCUT2D eigenvalue weighted by Crippen LogP contribution is -2.22. The number of fused-ring (bicyclic) bond motifs is 1. The van der Waals surface area contributed by atoms with Gasteiger partial charge in [0.2, 0.25) is 0 Å². The number of phenols is 1. The van der Waals surface area contributed by atoms with E-state index in [1.54, 1.807) is 34.9 Å². The molecule has 0 atom stereocenters. The Morgan fingerprint density at radius 2 is 1.76 bits per heavy atom. The van der Waals surface area contributed by atoms with Crippen molar-refractivity contribution in [1.29, 1.82) is 0 Å². The van der Waals surface area contributed by atoms with Crippen molar-refractivity contribution in [3.05, 3.63) is 94.0 Å². The molecule has 0 aliphatic rings. The summed E-state index contributed by atoms with van der Waals surface area (Å²) in [7, 11) is 1.50. The lowest BCUT2D eigenvalue weighted by atomic mass is 10.1. The fourth-order valence-electron chi connectivity index (χ4n) is 3.19. The van der Waals surface area contributed by atoms with E-state index in [-0.39, 0.29) is 11.3 Å². The number of ether oxygens (including phenoxy) is 1. The van der Waals surface area contributed by atoms with Gasteiger partial charge in [-0.25, -0.2) is 4.98 Å². The molecule has 0 aliphatic carbocycles. The summed E-state index contributed by atoms with van der Waals surface area (Å²) in [5.41, 5.74) is 3.13. The molecule has 29 heavy (non-hydrogen) atoms. The number of benzene rings is 3. The summed E-state index contributed by atoms with van der Waals surface area (Å²) in [6.45, 7) is 2.00. The minimum absolute atomic E-state index is 0.0528. The highest BCUT2D eigenvalue weighted by Crippen LogP contribution is 2.27. The second kappa shape index (κ2) is 7.64. The number of aromatic nitrogens is 2. The molecule has 0 saturated heterocycles. The minimum atomic E-state index is -0.128. The predicted octanol–water partition coefficient (Wildman–Crippen LogP) is 4.58. The summed E-state index contributed by atoms with van der Waals surface area (Å²) < 4.78 is 6.68. The SMILES string of the molecule is COc1ccc(C=Cc2nc3ccccc3c(=O)n2-c2ccc(C)cc2)cc1O. The summed E-state index contributed by atoms with van der Waals surface area (Å²) in [5, 5.41) is 10.6. The maximum absolute atomic E-state index is 13.2. The van der Waals surface area contributed by atoms with Crippen LogP contribution in [0.4, 0.5) is 0 Å². The quantitative estimate of drug-likeness (QED) is 0.559. The van der Waals surface area contributed by atoms with E-state index in [9.17, 15) is 9.90 Å². The minimum Gasteiger partial charge on any atom is -0.504 e. The molecule has 0 unspecified atom stereocenters. The fraction of sp³-hybridized carbons (Fsp3) is 0.0833. The highest BCUT2D eigenvalue weighted by molar-refractivity contribution is 5.80. The number of rotatable bonds is 4. The van der Waals surface area contributed by atoms with Crippen molar-refractivity contribution in [3.63, 3.8) is 0 Å². The molecule has 0 fully saturated rings. The molecule has 0 spiro atoms. The highest BCUT2D eigenvalue weighted by atomic mass is 16.5. The van der Waals surface area contributed by atoms with Crippen LogP contribution in [0.15, 0.2) is 71.5 Å². The second-order valence-corrected chi connectivity index (χ2v) is 6.73. The monoisotopic (exact) mass is 384 g/mol. The Labute approximate surface area is 168 Å². The Bertz CT molecular complexity index is 1270. The maximum atomic E-state index is 13.2. The molecular formula is C24H20N2O3. The van der Waals surface area contributed by atoms with Gasteiger partial charge >= 0.3 is 0 Å². The molecule has 1 aromatic heterocycles. The average molecular weight is 384 g/mol. The zero-order valence-electron chi connectivity index (χ0n) is 16.2. The first-order valence-corrected chi connectivity index (χ1v) is 9.21. The second-order valence-electron chi connectivity index (χ2n) is 6.73. The van der Waals surface area contributed by atoms with Crippen molar-refractivity contribution < 1.29 is 9.84 Å². The first-order valence-electron chi connectivity index (χ1n) is 9.21. The van der Waals surface area contributed by atoms with Gasteiger partial charge in [0.1, 0.15) is 5.82 Å². The molecule has 4 aromatic rings. The molecule has 0 bridgehead atoms. The molecule has 1 N–H and O–H groups in total. The van der Waals surface area contributed by atoms with Gasteiger partial charge in [-0.15, -0.1) is 0 Å². The van der Waals surface area contributed by atoms with Gasteiger partial charge in [0.15, 0.2) is 11.5 Å². The molecule has 0 aliphatic heterocycles. The van der Waals surface area contributed by atoms with Gasteiger partial charge in [0, 0.05) is 0 Å². The number of methoxy groups -OCH3 is 1. The Morgan fingerprint density at radius 3 is 2.48 bits per heavy atom.